The lowest BCUT2D eigenvalue weighted by atomic mass is 10.0. The van der Waals surface area contributed by atoms with Gasteiger partial charge in [-0.05, 0) is 57.2 Å². The van der Waals surface area contributed by atoms with Crippen molar-refractivity contribution in [2.75, 3.05) is 28.8 Å². The highest BCUT2D eigenvalue weighted by molar-refractivity contribution is 7.93. The van der Waals surface area contributed by atoms with Crippen LogP contribution in [0, 0.1) is 13.8 Å². The first-order valence-corrected chi connectivity index (χ1v) is 10.3. The molecule has 0 amide bonds. The van der Waals surface area contributed by atoms with Crippen LogP contribution in [0.4, 0.5) is 11.4 Å². The second-order valence-electron chi connectivity index (χ2n) is 6.95. The van der Waals surface area contributed by atoms with E-state index < -0.39 is 10.0 Å². The largest absolute Gasteiger partial charge is 0.371 e. The van der Waals surface area contributed by atoms with Gasteiger partial charge in [-0.2, -0.15) is 5.10 Å². The predicted molar refractivity (Wildman–Crippen MR) is 98.8 cm³/mol. The van der Waals surface area contributed by atoms with Crippen molar-refractivity contribution >= 4 is 21.4 Å². The van der Waals surface area contributed by atoms with Crippen LogP contribution in [0.1, 0.15) is 36.2 Å². The molecule has 1 aromatic heterocycles. The van der Waals surface area contributed by atoms with Gasteiger partial charge >= 0.3 is 0 Å². The Labute approximate surface area is 148 Å². The molecule has 0 spiro atoms. The molecule has 0 saturated carbocycles. The van der Waals surface area contributed by atoms with Crippen LogP contribution in [0.25, 0.3) is 0 Å². The first kappa shape index (κ1) is 16.4. The SMILES string of the molecule is Cc1n[nH]c(C)c1S(=O)(=O)N1CCCc2ccc(N3CCCC3)cc21. The molecule has 25 heavy (non-hydrogen) atoms. The predicted octanol–water partition coefficient (Wildman–Crippen LogP) is 2.77. The molecule has 0 aliphatic carbocycles. The fourth-order valence-electron chi connectivity index (χ4n) is 3.98. The average molecular weight is 360 g/mol. The van der Waals surface area contributed by atoms with Crippen molar-refractivity contribution in [2.45, 2.75) is 44.4 Å². The van der Waals surface area contributed by atoms with Gasteiger partial charge in [0.25, 0.3) is 10.0 Å². The van der Waals surface area contributed by atoms with Crippen molar-refractivity contribution in [3.8, 4) is 0 Å². The maximum atomic E-state index is 13.3. The Morgan fingerprint density at radius 3 is 2.52 bits per heavy atom. The number of fused-ring (bicyclic) bond motifs is 1. The van der Waals surface area contributed by atoms with Crippen LogP contribution >= 0.6 is 0 Å². The summed E-state index contributed by atoms with van der Waals surface area (Å²) in [4.78, 5) is 2.65. The standard InChI is InChI=1S/C18H24N4O2S/c1-13-18(14(2)20-19-13)25(23,24)22-11-5-6-15-7-8-16(12-17(15)22)21-9-3-4-10-21/h7-8,12H,3-6,9-11H2,1-2H3,(H,19,20). The molecule has 0 unspecified atom stereocenters. The number of aromatic amines is 1. The Hall–Kier alpha value is -2.02. The van der Waals surface area contributed by atoms with E-state index in [0.717, 1.165) is 42.9 Å². The molecule has 2 aliphatic heterocycles. The minimum Gasteiger partial charge on any atom is -0.371 e. The van der Waals surface area contributed by atoms with Gasteiger partial charge in [-0.3, -0.25) is 9.40 Å². The second kappa shape index (κ2) is 6.05. The summed E-state index contributed by atoms with van der Waals surface area (Å²) in [6, 6.07) is 6.29. The van der Waals surface area contributed by atoms with Gasteiger partial charge in [0, 0.05) is 25.3 Å². The molecule has 4 rings (SSSR count). The molecule has 1 saturated heterocycles. The van der Waals surface area contributed by atoms with E-state index in [-0.39, 0.29) is 0 Å². The van der Waals surface area contributed by atoms with Crippen LogP contribution in [-0.2, 0) is 16.4 Å². The summed E-state index contributed by atoms with van der Waals surface area (Å²) in [5.74, 6) is 0. The Bertz CT molecular complexity index is 878. The van der Waals surface area contributed by atoms with Crippen LogP contribution < -0.4 is 9.21 Å². The fourth-order valence-corrected chi connectivity index (χ4v) is 5.85. The number of H-pyrrole nitrogens is 1. The number of hydrogen-bond donors (Lipinski definition) is 1. The van der Waals surface area contributed by atoms with Gasteiger partial charge in [-0.1, -0.05) is 6.07 Å². The van der Waals surface area contributed by atoms with E-state index in [1.807, 2.05) is 0 Å². The van der Waals surface area contributed by atoms with Crippen molar-refractivity contribution < 1.29 is 8.42 Å². The first-order valence-electron chi connectivity index (χ1n) is 8.90. The van der Waals surface area contributed by atoms with E-state index in [2.05, 4.69) is 33.3 Å². The third-order valence-corrected chi connectivity index (χ3v) is 7.30. The summed E-state index contributed by atoms with van der Waals surface area (Å²) in [6.45, 7) is 6.11. The van der Waals surface area contributed by atoms with Crippen LogP contribution in [0.5, 0.6) is 0 Å². The Morgan fingerprint density at radius 2 is 1.84 bits per heavy atom. The molecular weight excluding hydrogens is 336 g/mol. The molecule has 2 aliphatic rings. The minimum absolute atomic E-state index is 0.312. The van der Waals surface area contributed by atoms with Gasteiger partial charge in [0.1, 0.15) is 4.90 Å². The number of hydrogen-bond acceptors (Lipinski definition) is 4. The topological polar surface area (TPSA) is 69.3 Å². The summed E-state index contributed by atoms with van der Waals surface area (Å²) < 4.78 is 28.3. The highest BCUT2D eigenvalue weighted by Gasteiger charge is 2.33. The summed E-state index contributed by atoms with van der Waals surface area (Å²) in [7, 11) is -3.61. The van der Waals surface area contributed by atoms with Crippen molar-refractivity contribution in [1.29, 1.82) is 0 Å². The van der Waals surface area contributed by atoms with Gasteiger partial charge in [-0.25, -0.2) is 8.42 Å². The number of nitrogens with zero attached hydrogens (tertiary/aromatic N) is 3. The minimum atomic E-state index is -3.61. The van der Waals surface area contributed by atoms with Crippen LogP contribution in [0.2, 0.25) is 0 Å². The number of anilines is 2. The lowest BCUT2D eigenvalue weighted by molar-refractivity contribution is 0.585. The zero-order valence-electron chi connectivity index (χ0n) is 14.7. The summed E-state index contributed by atoms with van der Waals surface area (Å²) in [6.07, 6.45) is 4.16. The number of sulfonamides is 1. The Balaban J connectivity index is 1.79. The number of benzene rings is 1. The quantitative estimate of drug-likeness (QED) is 0.914. The monoisotopic (exact) mass is 360 g/mol. The fraction of sp³-hybridized carbons (Fsp3) is 0.500. The maximum absolute atomic E-state index is 13.3. The number of aryl methyl sites for hydroxylation is 3. The van der Waals surface area contributed by atoms with Gasteiger partial charge < -0.3 is 4.90 Å². The van der Waals surface area contributed by atoms with Gasteiger partial charge in [0.2, 0.25) is 0 Å². The lowest BCUT2D eigenvalue weighted by Gasteiger charge is -2.32. The zero-order valence-corrected chi connectivity index (χ0v) is 15.6. The molecule has 0 bridgehead atoms. The lowest BCUT2D eigenvalue weighted by Crippen LogP contribution is -2.36. The molecule has 134 valence electrons. The van der Waals surface area contributed by atoms with E-state index in [4.69, 9.17) is 0 Å². The highest BCUT2D eigenvalue weighted by atomic mass is 32.2. The Morgan fingerprint density at radius 1 is 1.08 bits per heavy atom. The van der Waals surface area contributed by atoms with Crippen molar-refractivity contribution in [2.24, 2.45) is 0 Å². The van der Waals surface area contributed by atoms with Crippen molar-refractivity contribution in [3.63, 3.8) is 0 Å². The van der Waals surface area contributed by atoms with Gasteiger partial charge in [-0.15, -0.1) is 0 Å². The number of nitrogens with one attached hydrogen (secondary N) is 1. The molecule has 0 atom stereocenters. The van der Waals surface area contributed by atoms with Crippen LogP contribution in [0.15, 0.2) is 23.1 Å². The van der Waals surface area contributed by atoms with Crippen molar-refractivity contribution in [1.82, 2.24) is 10.2 Å². The van der Waals surface area contributed by atoms with Gasteiger partial charge in [0.05, 0.1) is 17.1 Å². The van der Waals surface area contributed by atoms with E-state index in [1.165, 1.54) is 12.8 Å². The second-order valence-corrected chi connectivity index (χ2v) is 8.75. The summed E-state index contributed by atoms with van der Waals surface area (Å²) in [5.41, 5.74) is 4.19. The molecule has 1 aromatic carbocycles. The molecular formula is C18H24N4O2S. The first-order chi connectivity index (χ1) is 12.0. The number of rotatable bonds is 3. The van der Waals surface area contributed by atoms with E-state index in [1.54, 1.807) is 18.2 Å². The molecule has 1 N–H and O–H groups in total. The smallest absolute Gasteiger partial charge is 0.267 e. The van der Waals surface area contributed by atoms with Crippen LogP contribution in [0.3, 0.4) is 0 Å². The third-order valence-electron chi connectivity index (χ3n) is 5.22. The van der Waals surface area contributed by atoms with Crippen molar-refractivity contribution in [3.05, 3.63) is 35.2 Å². The molecule has 2 aromatic rings. The van der Waals surface area contributed by atoms with E-state index in [0.29, 0.717) is 22.8 Å². The van der Waals surface area contributed by atoms with Gasteiger partial charge in [0.15, 0.2) is 0 Å². The molecule has 7 heteroatoms. The van der Waals surface area contributed by atoms with E-state index >= 15 is 0 Å². The average Bonchev–Trinajstić information content (AvgIpc) is 3.24. The third kappa shape index (κ3) is 2.70. The highest BCUT2D eigenvalue weighted by Crippen LogP contribution is 2.36. The van der Waals surface area contributed by atoms with Crippen LogP contribution in [-0.4, -0.2) is 38.2 Å². The molecule has 3 heterocycles. The molecule has 1 fully saturated rings. The van der Waals surface area contributed by atoms with E-state index in [9.17, 15) is 8.42 Å². The normalized spacial score (nSPS) is 17.8. The number of aromatic nitrogens is 2. The molecule has 6 nitrogen and oxygen atoms in total. The summed E-state index contributed by atoms with van der Waals surface area (Å²) >= 11 is 0. The maximum Gasteiger partial charge on any atom is 0.267 e. The summed E-state index contributed by atoms with van der Waals surface area (Å²) in [5, 5.41) is 6.87. The zero-order chi connectivity index (χ0) is 17.6. The molecule has 0 radical (unpaired) electrons. The Kier molecular flexibility index (Phi) is 3.98.